The van der Waals surface area contributed by atoms with E-state index in [1.165, 1.54) is 0 Å². The Bertz CT molecular complexity index is 206. The van der Waals surface area contributed by atoms with Gasteiger partial charge < -0.3 is 4.90 Å². The summed E-state index contributed by atoms with van der Waals surface area (Å²) >= 11 is 0. The highest BCUT2D eigenvalue weighted by molar-refractivity contribution is 5.04. The Labute approximate surface area is 91.8 Å². The smallest absolute Gasteiger partial charge is 0.249 e. The summed E-state index contributed by atoms with van der Waals surface area (Å²) in [5, 5.41) is 0. The van der Waals surface area contributed by atoms with Crippen LogP contribution in [0.5, 0.6) is 0 Å². The maximum absolute atomic E-state index is 12.7. The fourth-order valence-corrected chi connectivity index (χ4v) is 2.74. The van der Waals surface area contributed by atoms with Gasteiger partial charge in [0.1, 0.15) is 0 Å². The lowest BCUT2D eigenvalue weighted by Crippen LogP contribution is -2.48. The molecule has 1 heterocycles. The fourth-order valence-electron chi connectivity index (χ4n) is 2.74. The lowest BCUT2D eigenvalue weighted by atomic mass is 9.65. The monoisotopic (exact) mass is 219 g/mol. The van der Waals surface area contributed by atoms with Crippen molar-refractivity contribution >= 4 is 0 Å². The molecule has 1 saturated carbocycles. The lowest BCUT2D eigenvalue weighted by Gasteiger charge is -2.45. The maximum Gasteiger partial charge on any atom is 0.249 e. The van der Waals surface area contributed by atoms with E-state index in [0.717, 1.165) is 19.5 Å². The minimum atomic E-state index is -2.35. The van der Waals surface area contributed by atoms with Crippen LogP contribution >= 0.6 is 0 Å². The van der Waals surface area contributed by atoms with Crippen molar-refractivity contribution in [1.82, 2.24) is 4.90 Å². The normalized spacial score (nSPS) is 27.4. The van der Waals surface area contributed by atoms with Gasteiger partial charge in [0, 0.05) is 25.4 Å². The van der Waals surface area contributed by atoms with E-state index in [-0.39, 0.29) is 18.3 Å². The number of halogens is 2. The van der Waals surface area contributed by atoms with Crippen LogP contribution in [0.1, 0.15) is 47.0 Å². The SMILES string of the molecule is CC.CC(C)N1CCC2(C1)CC(F)(F)C2. The van der Waals surface area contributed by atoms with Crippen molar-refractivity contribution in [2.45, 2.75) is 58.9 Å². The van der Waals surface area contributed by atoms with Crippen LogP contribution in [0, 0.1) is 5.41 Å². The second kappa shape index (κ2) is 4.36. The molecule has 1 nitrogen and oxygen atoms in total. The molecule has 1 aliphatic heterocycles. The van der Waals surface area contributed by atoms with Crippen LogP contribution in [-0.2, 0) is 0 Å². The number of rotatable bonds is 1. The van der Waals surface area contributed by atoms with Gasteiger partial charge in [-0.25, -0.2) is 8.78 Å². The van der Waals surface area contributed by atoms with Gasteiger partial charge in [0.25, 0.3) is 0 Å². The molecule has 2 aliphatic rings. The number of hydrogen-bond donors (Lipinski definition) is 0. The zero-order valence-corrected chi connectivity index (χ0v) is 10.3. The van der Waals surface area contributed by atoms with E-state index in [9.17, 15) is 8.78 Å². The van der Waals surface area contributed by atoms with E-state index in [1.54, 1.807) is 0 Å². The van der Waals surface area contributed by atoms with E-state index < -0.39 is 5.92 Å². The summed E-state index contributed by atoms with van der Waals surface area (Å²) < 4.78 is 25.5. The third kappa shape index (κ3) is 2.68. The summed E-state index contributed by atoms with van der Waals surface area (Å²) in [5.41, 5.74) is -0.0201. The zero-order chi connectivity index (χ0) is 11.7. The average Bonchev–Trinajstić information content (AvgIpc) is 2.50. The number of alkyl halides is 2. The van der Waals surface area contributed by atoms with Gasteiger partial charge >= 0.3 is 0 Å². The van der Waals surface area contributed by atoms with Gasteiger partial charge in [-0.05, 0) is 32.2 Å². The van der Waals surface area contributed by atoms with Crippen LogP contribution in [0.25, 0.3) is 0 Å². The van der Waals surface area contributed by atoms with Crippen LogP contribution in [0.2, 0.25) is 0 Å². The molecule has 0 aromatic carbocycles. The van der Waals surface area contributed by atoms with Crippen LogP contribution in [0.4, 0.5) is 8.78 Å². The molecular formula is C12H23F2N. The second-order valence-corrected chi connectivity index (χ2v) is 5.02. The Morgan fingerprint density at radius 1 is 1.13 bits per heavy atom. The number of hydrogen-bond acceptors (Lipinski definition) is 1. The quantitative estimate of drug-likeness (QED) is 0.652. The van der Waals surface area contributed by atoms with Crippen molar-refractivity contribution in [3.05, 3.63) is 0 Å². The highest BCUT2D eigenvalue weighted by Gasteiger charge is 2.58. The van der Waals surface area contributed by atoms with E-state index in [2.05, 4.69) is 18.7 Å². The molecule has 90 valence electrons. The van der Waals surface area contributed by atoms with Crippen LogP contribution < -0.4 is 0 Å². The molecule has 1 spiro atoms. The number of likely N-dealkylation sites (tertiary alicyclic amines) is 1. The molecule has 15 heavy (non-hydrogen) atoms. The summed E-state index contributed by atoms with van der Waals surface area (Å²) in [4.78, 5) is 2.31. The molecule has 0 aromatic rings. The molecule has 0 N–H and O–H groups in total. The van der Waals surface area contributed by atoms with Crippen molar-refractivity contribution < 1.29 is 8.78 Å². The molecule has 0 radical (unpaired) electrons. The van der Waals surface area contributed by atoms with Gasteiger partial charge in [0.2, 0.25) is 5.92 Å². The summed E-state index contributed by atoms with van der Waals surface area (Å²) in [7, 11) is 0. The van der Waals surface area contributed by atoms with Gasteiger partial charge in [0.05, 0.1) is 0 Å². The van der Waals surface area contributed by atoms with E-state index in [1.807, 2.05) is 13.8 Å². The van der Waals surface area contributed by atoms with Gasteiger partial charge in [-0.1, -0.05) is 13.8 Å². The van der Waals surface area contributed by atoms with E-state index >= 15 is 0 Å². The molecule has 0 aromatic heterocycles. The maximum atomic E-state index is 12.7. The average molecular weight is 219 g/mol. The summed E-state index contributed by atoms with van der Waals surface area (Å²) in [6.07, 6.45) is 1.23. The molecule has 0 unspecified atom stereocenters. The Morgan fingerprint density at radius 2 is 1.67 bits per heavy atom. The predicted molar refractivity (Wildman–Crippen MR) is 59.3 cm³/mol. The first-order valence-electron chi connectivity index (χ1n) is 6.04. The molecule has 0 atom stereocenters. The molecular weight excluding hydrogens is 196 g/mol. The molecule has 0 amide bonds. The van der Waals surface area contributed by atoms with Gasteiger partial charge in [-0.3, -0.25) is 0 Å². The van der Waals surface area contributed by atoms with Crippen LogP contribution in [-0.4, -0.2) is 30.0 Å². The van der Waals surface area contributed by atoms with Gasteiger partial charge in [-0.2, -0.15) is 0 Å². The highest BCUT2D eigenvalue weighted by atomic mass is 19.3. The van der Waals surface area contributed by atoms with Crippen LogP contribution in [0.3, 0.4) is 0 Å². The molecule has 1 aliphatic carbocycles. The first-order valence-corrected chi connectivity index (χ1v) is 6.04. The standard InChI is InChI=1S/C10H17F2N.C2H6/c1-8(2)13-4-3-9(7-13)5-10(11,12)6-9;1-2/h8H,3-7H2,1-2H3;1-2H3. The fraction of sp³-hybridized carbons (Fsp3) is 1.00. The third-order valence-corrected chi connectivity index (χ3v) is 3.47. The van der Waals surface area contributed by atoms with Crippen molar-refractivity contribution in [2.24, 2.45) is 5.41 Å². The predicted octanol–water partition coefficient (Wildman–Crippen LogP) is 3.54. The largest absolute Gasteiger partial charge is 0.300 e. The Balaban J connectivity index is 0.000000531. The zero-order valence-electron chi connectivity index (χ0n) is 10.3. The summed E-state index contributed by atoms with van der Waals surface area (Å²) in [6, 6.07) is 0.508. The molecule has 2 rings (SSSR count). The topological polar surface area (TPSA) is 3.24 Å². The highest BCUT2D eigenvalue weighted by Crippen LogP contribution is 2.56. The first-order chi connectivity index (χ1) is 6.93. The van der Waals surface area contributed by atoms with Crippen molar-refractivity contribution in [3.63, 3.8) is 0 Å². The summed E-state index contributed by atoms with van der Waals surface area (Å²) in [5.74, 6) is -2.35. The van der Waals surface area contributed by atoms with E-state index in [4.69, 9.17) is 0 Å². The lowest BCUT2D eigenvalue weighted by molar-refractivity contribution is -0.156. The Kier molecular flexibility index (Phi) is 3.75. The van der Waals surface area contributed by atoms with Crippen molar-refractivity contribution in [1.29, 1.82) is 0 Å². The Hall–Kier alpha value is -0.180. The molecule has 0 bridgehead atoms. The summed E-state index contributed by atoms with van der Waals surface area (Å²) in [6.45, 7) is 10.2. The minimum Gasteiger partial charge on any atom is -0.300 e. The van der Waals surface area contributed by atoms with Gasteiger partial charge in [0.15, 0.2) is 0 Å². The molecule has 1 saturated heterocycles. The van der Waals surface area contributed by atoms with Crippen molar-refractivity contribution in [2.75, 3.05) is 13.1 Å². The molecule has 3 heteroatoms. The van der Waals surface area contributed by atoms with E-state index in [0.29, 0.717) is 6.04 Å². The Morgan fingerprint density at radius 3 is 2.00 bits per heavy atom. The van der Waals surface area contributed by atoms with Crippen molar-refractivity contribution in [3.8, 4) is 0 Å². The third-order valence-electron chi connectivity index (χ3n) is 3.47. The molecule has 2 fully saturated rings. The van der Waals surface area contributed by atoms with Gasteiger partial charge in [-0.15, -0.1) is 0 Å². The minimum absolute atomic E-state index is 0.0201. The first kappa shape index (κ1) is 12.9. The van der Waals surface area contributed by atoms with Crippen LogP contribution in [0.15, 0.2) is 0 Å². The number of nitrogens with zero attached hydrogens (tertiary/aromatic N) is 1. The second-order valence-electron chi connectivity index (χ2n) is 5.02.